The quantitative estimate of drug-likeness (QED) is 0.633. The monoisotopic (exact) mass is 347 g/mol. The highest BCUT2D eigenvalue weighted by atomic mass is 19.1. The number of carbonyl (C=O) groups excluding carboxylic acids is 1. The Morgan fingerprint density at radius 1 is 1.00 bits per heavy atom. The third-order valence-electron chi connectivity index (χ3n) is 4.10. The molecule has 0 N–H and O–H groups in total. The highest BCUT2D eigenvalue weighted by molar-refractivity contribution is 5.94. The number of anilines is 1. The Morgan fingerprint density at radius 2 is 1.60 bits per heavy atom. The van der Waals surface area contributed by atoms with Crippen molar-refractivity contribution in [3.63, 3.8) is 0 Å². The highest BCUT2D eigenvalue weighted by Crippen LogP contribution is 2.28. The fourth-order valence-electron chi connectivity index (χ4n) is 2.90. The molecule has 25 heavy (non-hydrogen) atoms. The van der Waals surface area contributed by atoms with Gasteiger partial charge in [0.15, 0.2) is 0 Å². The largest absolute Gasteiger partial charge is 0.362 e. The number of carbonyl (C=O) groups is 1. The summed E-state index contributed by atoms with van der Waals surface area (Å²) in [4.78, 5) is 26.4. The number of piperazine rings is 1. The fourth-order valence-corrected chi connectivity index (χ4v) is 2.90. The number of halogens is 2. The minimum atomic E-state index is -0.804. The van der Waals surface area contributed by atoms with Crippen LogP contribution in [-0.4, -0.2) is 41.9 Å². The molecule has 8 heteroatoms. The Morgan fingerprint density at radius 3 is 2.20 bits per heavy atom. The molecule has 0 radical (unpaired) electrons. The molecule has 1 heterocycles. The molecule has 0 unspecified atom stereocenters. The van der Waals surface area contributed by atoms with Crippen LogP contribution in [0.1, 0.15) is 10.4 Å². The van der Waals surface area contributed by atoms with Crippen LogP contribution in [0.25, 0.3) is 0 Å². The summed E-state index contributed by atoms with van der Waals surface area (Å²) in [5, 5.41) is 11.1. The standard InChI is InChI=1S/C17H15F2N3O3/c18-13-9-12(10-14(19)11-13)17(23)21-7-5-20(6-8-21)15-3-1-2-4-16(15)22(24)25/h1-4,9-11H,5-8H2. The topological polar surface area (TPSA) is 66.7 Å². The van der Waals surface area contributed by atoms with E-state index in [-0.39, 0.29) is 11.3 Å². The lowest BCUT2D eigenvalue weighted by Crippen LogP contribution is -2.49. The van der Waals surface area contributed by atoms with Gasteiger partial charge >= 0.3 is 0 Å². The molecule has 1 amide bonds. The molecule has 1 aliphatic rings. The second-order valence-electron chi connectivity index (χ2n) is 5.68. The summed E-state index contributed by atoms with van der Waals surface area (Å²) >= 11 is 0. The molecule has 0 saturated carbocycles. The first kappa shape index (κ1) is 16.8. The van der Waals surface area contributed by atoms with E-state index in [2.05, 4.69) is 0 Å². The normalized spacial score (nSPS) is 14.5. The number of hydrogen-bond acceptors (Lipinski definition) is 4. The van der Waals surface area contributed by atoms with Crippen molar-refractivity contribution in [2.45, 2.75) is 0 Å². The number of nitro benzene ring substituents is 1. The summed E-state index contributed by atoms with van der Waals surface area (Å²) in [5.41, 5.74) is 0.461. The fraction of sp³-hybridized carbons (Fsp3) is 0.235. The molecule has 0 spiro atoms. The summed E-state index contributed by atoms with van der Waals surface area (Å²) in [5.74, 6) is -2.07. The van der Waals surface area contributed by atoms with Crippen molar-refractivity contribution < 1.29 is 18.5 Å². The molecular formula is C17H15F2N3O3. The van der Waals surface area contributed by atoms with Gasteiger partial charge in [-0.2, -0.15) is 0 Å². The Labute approximate surface area is 142 Å². The van der Waals surface area contributed by atoms with E-state index in [9.17, 15) is 23.7 Å². The van der Waals surface area contributed by atoms with Crippen molar-refractivity contribution in [3.8, 4) is 0 Å². The zero-order valence-corrected chi connectivity index (χ0v) is 13.2. The lowest BCUT2D eigenvalue weighted by molar-refractivity contribution is -0.384. The third-order valence-corrected chi connectivity index (χ3v) is 4.10. The average molecular weight is 347 g/mol. The van der Waals surface area contributed by atoms with E-state index in [4.69, 9.17) is 0 Å². The molecular weight excluding hydrogens is 332 g/mol. The SMILES string of the molecule is O=C(c1cc(F)cc(F)c1)N1CCN(c2ccccc2[N+](=O)[O-])CC1. The van der Waals surface area contributed by atoms with Crippen LogP contribution < -0.4 is 4.90 Å². The second-order valence-corrected chi connectivity index (χ2v) is 5.68. The van der Waals surface area contributed by atoms with Crippen LogP contribution in [0.4, 0.5) is 20.2 Å². The van der Waals surface area contributed by atoms with E-state index in [1.54, 1.807) is 18.2 Å². The van der Waals surface area contributed by atoms with Crippen LogP contribution in [0.5, 0.6) is 0 Å². The van der Waals surface area contributed by atoms with Crippen LogP contribution in [0.15, 0.2) is 42.5 Å². The summed E-state index contributed by atoms with van der Waals surface area (Å²) in [7, 11) is 0. The molecule has 130 valence electrons. The molecule has 0 aliphatic carbocycles. The van der Waals surface area contributed by atoms with Crippen LogP contribution in [0, 0.1) is 21.7 Å². The molecule has 0 atom stereocenters. The molecule has 3 rings (SSSR count). The Hall–Kier alpha value is -3.03. The lowest BCUT2D eigenvalue weighted by Gasteiger charge is -2.35. The lowest BCUT2D eigenvalue weighted by atomic mass is 10.1. The van der Waals surface area contributed by atoms with Gasteiger partial charge in [-0.3, -0.25) is 14.9 Å². The number of nitrogens with zero attached hydrogens (tertiary/aromatic N) is 3. The van der Waals surface area contributed by atoms with E-state index < -0.39 is 22.5 Å². The van der Waals surface area contributed by atoms with E-state index >= 15 is 0 Å². The summed E-state index contributed by atoms with van der Waals surface area (Å²) < 4.78 is 26.6. The number of rotatable bonds is 3. The summed E-state index contributed by atoms with van der Waals surface area (Å²) in [6, 6.07) is 9.12. The smallest absolute Gasteiger partial charge is 0.292 e. The number of hydrogen-bond donors (Lipinski definition) is 0. The molecule has 0 aromatic heterocycles. The molecule has 1 fully saturated rings. The second kappa shape index (κ2) is 6.84. The summed E-state index contributed by atoms with van der Waals surface area (Å²) in [6.07, 6.45) is 0. The number of amides is 1. The van der Waals surface area contributed by atoms with E-state index in [1.807, 2.05) is 4.90 Å². The Bertz CT molecular complexity index is 800. The maximum absolute atomic E-state index is 13.3. The molecule has 1 saturated heterocycles. The minimum Gasteiger partial charge on any atom is -0.362 e. The van der Waals surface area contributed by atoms with Gasteiger partial charge in [0.25, 0.3) is 11.6 Å². The van der Waals surface area contributed by atoms with Crippen molar-refractivity contribution in [2.24, 2.45) is 0 Å². The van der Waals surface area contributed by atoms with Crippen molar-refractivity contribution in [1.29, 1.82) is 0 Å². The van der Waals surface area contributed by atoms with Gasteiger partial charge in [-0.05, 0) is 18.2 Å². The van der Waals surface area contributed by atoms with Gasteiger partial charge < -0.3 is 9.80 Å². The van der Waals surface area contributed by atoms with Gasteiger partial charge in [-0.1, -0.05) is 12.1 Å². The van der Waals surface area contributed by atoms with Gasteiger partial charge in [-0.25, -0.2) is 8.78 Å². The number of nitro groups is 1. The highest BCUT2D eigenvalue weighted by Gasteiger charge is 2.26. The van der Waals surface area contributed by atoms with Crippen LogP contribution in [-0.2, 0) is 0 Å². The van der Waals surface area contributed by atoms with Gasteiger partial charge in [0, 0.05) is 43.9 Å². The zero-order chi connectivity index (χ0) is 18.0. The van der Waals surface area contributed by atoms with E-state index in [0.29, 0.717) is 37.9 Å². The first-order chi connectivity index (χ1) is 12.0. The predicted octanol–water partition coefficient (Wildman–Crippen LogP) is 2.84. The molecule has 0 bridgehead atoms. The molecule has 2 aromatic carbocycles. The van der Waals surface area contributed by atoms with Crippen molar-refractivity contribution in [3.05, 3.63) is 69.8 Å². The van der Waals surface area contributed by atoms with Gasteiger partial charge in [0.2, 0.25) is 0 Å². The third kappa shape index (κ3) is 3.57. The molecule has 1 aliphatic heterocycles. The van der Waals surface area contributed by atoms with Gasteiger partial charge in [-0.15, -0.1) is 0 Å². The van der Waals surface area contributed by atoms with Crippen LogP contribution in [0.3, 0.4) is 0 Å². The maximum atomic E-state index is 13.3. The molecule has 2 aromatic rings. The first-order valence-corrected chi connectivity index (χ1v) is 7.69. The Balaban J connectivity index is 1.72. The van der Waals surface area contributed by atoms with Gasteiger partial charge in [0.1, 0.15) is 17.3 Å². The summed E-state index contributed by atoms with van der Waals surface area (Å²) in [6.45, 7) is 1.41. The first-order valence-electron chi connectivity index (χ1n) is 7.69. The Kier molecular flexibility index (Phi) is 4.60. The minimum absolute atomic E-state index is 0.00878. The average Bonchev–Trinajstić information content (AvgIpc) is 2.60. The maximum Gasteiger partial charge on any atom is 0.292 e. The van der Waals surface area contributed by atoms with Crippen molar-refractivity contribution >= 4 is 17.3 Å². The number of para-hydroxylation sites is 2. The van der Waals surface area contributed by atoms with Crippen LogP contribution in [0.2, 0.25) is 0 Å². The number of benzene rings is 2. The zero-order valence-electron chi connectivity index (χ0n) is 13.2. The predicted molar refractivity (Wildman–Crippen MR) is 87.6 cm³/mol. The molecule has 6 nitrogen and oxygen atoms in total. The van der Waals surface area contributed by atoms with E-state index in [0.717, 1.165) is 12.1 Å². The van der Waals surface area contributed by atoms with E-state index in [1.165, 1.54) is 11.0 Å². The van der Waals surface area contributed by atoms with Gasteiger partial charge in [0.05, 0.1) is 4.92 Å². The van der Waals surface area contributed by atoms with Crippen LogP contribution >= 0.6 is 0 Å². The van der Waals surface area contributed by atoms with Crippen molar-refractivity contribution in [2.75, 3.05) is 31.1 Å². The van der Waals surface area contributed by atoms with Crippen molar-refractivity contribution in [1.82, 2.24) is 4.90 Å².